The highest BCUT2D eigenvalue weighted by Gasteiger charge is 2.18. The van der Waals surface area contributed by atoms with Gasteiger partial charge in [-0.1, -0.05) is 0 Å². The summed E-state index contributed by atoms with van der Waals surface area (Å²) in [5, 5.41) is 12.5. The van der Waals surface area contributed by atoms with E-state index >= 15 is 0 Å². The molecule has 2 N–H and O–H groups in total. The molecule has 1 fully saturated rings. The van der Waals surface area contributed by atoms with Gasteiger partial charge in [0.05, 0.1) is 0 Å². The van der Waals surface area contributed by atoms with Gasteiger partial charge in [-0.3, -0.25) is 0 Å². The highest BCUT2D eigenvalue weighted by Crippen LogP contribution is 2.20. The fourth-order valence-electron chi connectivity index (χ4n) is 1.87. The summed E-state index contributed by atoms with van der Waals surface area (Å²) in [5.41, 5.74) is 1.16. The first-order valence-electron chi connectivity index (χ1n) is 5.00. The summed E-state index contributed by atoms with van der Waals surface area (Å²) in [6.07, 6.45) is 1.19. The number of phenolic OH excluding ortho intramolecular Hbond substituents is 1. The van der Waals surface area contributed by atoms with Gasteiger partial charge in [0.1, 0.15) is 5.75 Å². The largest absolute Gasteiger partial charge is 0.508 e. The van der Waals surface area contributed by atoms with E-state index < -0.39 is 0 Å². The Labute approximate surface area is 84.4 Å². The zero-order valence-electron chi connectivity index (χ0n) is 8.40. The first-order valence-corrected chi connectivity index (χ1v) is 5.00. The Kier molecular flexibility index (Phi) is 2.59. The van der Waals surface area contributed by atoms with Crippen molar-refractivity contribution >= 4 is 5.69 Å². The Morgan fingerprint density at radius 2 is 2.07 bits per heavy atom. The van der Waals surface area contributed by atoms with Crippen molar-refractivity contribution < 1.29 is 5.11 Å². The Bertz CT molecular complexity index is 291. The lowest BCUT2D eigenvalue weighted by Crippen LogP contribution is -2.33. The molecule has 1 aliphatic heterocycles. The molecule has 0 aromatic heterocycles. The van der Waals surface area contributed by atoms with E-state index in [1.807, 2.05) is 12.1 Å². The van der Waals surface area contributed by atoms with Crippen LogP contribution in [0.2, 0.25) is 0 Å². The molecule has 0 bridgehead atoms. The standard InChI is InChI=1S/C11H16N2O/c1-13(10-6-7-12-8-10)9-2-4-11(14)5-3-9/h2-5,10,12,14H,6-8H2,1H3. The third kappa shape index (κ3) is 1.82. The van der Waals surface area contributed by atoms with Gasteiger partial charge in [0.15, 0.2) is 0 Å². The van der Waals surface area contributed by atoms with Crippen molar-refractivity contribution in [2.24, 2.45) is 0 Å². The number of hydrogen-bond acceptors (Lipinski definition) is 3. The Balaban J connectivity index is 2.09. The van der Waals surface area contributed by atoms with Crippen molar-refractivity contribution in [1.29, 1.82) is 0 Å². The van der Waals surface area contributed by atoms with E-state index in [2.05, 4.69) is 17.3 Å². The number of nitrogens with one attached hydrogen (secondary N) is 1. The molecular formula is C11H16N2O. The van der Waals surface area contributed by atoms with Gasteiger partial charge in [0.25, 0.3) is 0 Å². The first kappa shape index (κ1) is 9.34. The molecule has 1 aromatic rings. The minimum atomic E-state index is 0.326. The highest BCUT2D eigenvalue weighted by atomic mass is 16.3. The lowest BCUT2D eigenvalue weighted by molar-refractivity contribution is 0.475. The van der Waals surface area contributed by atoms with E-state index in [0.29, 0.717) is 11.8 Å². The van der Waals surface area contributed by atoms with Crippen molar-refractivity contribution in [2.45, 2.75) is 12.5 Å². The number of benzene rings is 1. The average molecular weight is 192 g/mol. The summed E-state index contributed by atoms with van der Waals surface area (Å²) in [6.45, 7) is 2.16. The average Bonchev–Trinajstić information content (AvgIpc) is 2.71. The van der Waals surface area contributed by atoms with Crippen molar-refractivity contribution in [1.82, 2.24) is 5.32 Å². The maximum absolute atomic E-state index is 9.17. The van der Waals surface area contributed by atoms with E-state index in [-0.39, 0.29) is 0 Å². The molecule has 1 aliphatic rings. The summed E-state index contributed by atoms with van der Waals surface area (Å²) < 4.78 is 0. The Hall–Kier alpha value is -1.22. The van der Waals surface area contributed by atoms with Gasteiger partial charge in [0.2, 0.25) is 0 Å². The third-order valence-corrected chi connectivity index (χ3v) is 2.84. The molecule has 3 nitrogen and oxygen atoms in total. The van der Waals surface area contributed by atoms with Gasteiger partial charge >= 0.3 is 0 Å². The fourth-order valence-corrected chi connectivity index (χ4v) is 1.87. The van der Waals surface area contributed by atoms with Gasteiger partial charge < -0.3 is 15.3 Å². The molecule has 1 aromatic carbocycles. The summed E-state index contributed by atoms with van der Waals surface area (Å²) in [6, 6.07) is 7.95. The molecule has 1 unspecified atom stereocenters. The second kappa shape index (κ2) is 3.88. The third-order valence-electron chi connectivity index (χ3n) is 2.84. The van der Waals surface area contributed by atoms with Crippen molar-refractivity contribution in [3.63, 3.8) is 0 Å². The second-order valence-corrected chi connectivity index (χ2v) is 3.77. The number of nitrogens with zero attached hydrogens (tertiary/aromatic N) is 1. The summed E-state index contributed by atoms with van der Waals surface area (Å²) in [5.74, 6) is 0.326. The minimum Gasteiger partial charge on any atom is -0.508 e. The Morgan fingerprint density at radius 1 is 1.36 bits per heavy atom. The van der Waals surface area contributed by atoms with Gasteiger partial charge in [-0.05, 0) is 37.2 Å². The number of phenols is 1. The molecule has 3 heteroatoms. The van der Waals surface area contributed by atoms with Crippen LogP contribution in [0, 0.1) is 0 Å². The number of likely N-dealkylation sites (N-methyl/N-ethyl adjacent to an activating group) is 1. The zero-order chi connectivity index (χ0) is 9.97. The van der Waals surface area contributed by atoms with Crippen LogP contribution in [0.3, 0.4) is 0 Å². The van der Waals surface area contributed by atoms with Crippen LogP contribution in [-0.4, -0.2) is 31.3 Å². The van der Waals surface area contributed by atoms with Gasteiger partial charge in [0, 0.05) is 25.3 Å². The summed E-state index contributed by atoms with van der Waals surface area (Å²) in [4.78, 5) is 2.26. The van der Waals surface area contributed by atoms with Crippen LogP contribution in [0.5, 0.6) is 5.75 Å². The fraction of sp³-hybridized carbons (Fsp3) is 0.455. The topological polar surface area (TPSA) is 35.5 Å². The molecule has 14 heavy (non-hydrogen) atoms. The molecule has 76 valence electrons. The molecule has 0 aliphatic carbocycles. The SMILES string of the molecule is CN(c1ccc(O)cc1)C1CCNC1. The van der Waals surface area contributed by atoms with Crippen molar-refractivity contribution in [3.05, 3.63) is 24.3 Å². The Morgan fingerprint density at radius 3 is 2.64 bits per heavy atom. The number of aromatic hydroxyl groups is 1. The van der Waals surface area contributed by atoms with E-state index in [1.165, 1.54) is 6.42 Å². The molecule has 0 radical (unpaired) electrons. The van der Waals surface area contributed by atoms with Crippen LogP contribution in [0.1, 0.15) is 6.42 Å². The van der Waals surface area contributed by atoms with Crippen molar-refractivity contribution in [3.8, 4) is 5.75 Å². The lowest BCUT2D eigenvalue weighted by Gasteiger charge is -2.25. The minimum absolute atomic E-state index is 0.326. The predicted octanol–water partition coefficient (Wildman–Crippen LogP) is 1.19. The smallest absolute Gasteiger partial charge is 0.115 e. The summed E-state index contributed by atoms with van der Waals surface area (Å²) >= 11 is 0. The van der Waals surface area contributed by atoms with Crippen LogP contribution in [-0.2, 0) is 0 Å². The molecule has 2 rings (SSSR count). The predicted molar refractivity (Wildman–Crippen MR) is 57.8 cm³/mol. The van der Waals surface area contributed by atoms with Gasteiger partial charge in [-0.2, -0.15) is 0 Å². The molecule has 1 heterocycles. The zero-order valence-corrected chi connectivity index (χ0v) is 8.40. The van der Waals surface area contributed by atoms with Crippen molar-refractivity contribution in [2.75, 3.05) is 25.0 Å². The quantitative estimate of drug-likeness (QED) is 0.739. The molecule has 1 atom stereocenters. The number of hydrogen-bond donors (Lipinski definition) is 2. The lowest BCUT2D eigenvalue weighted by atomic mass is 10.2. The van der Waals surface area contributed by atoms with E-state index in [0.717, 1.165) is 18.8 Å². The first-order chi connectivity index (χ1) is 6.77. The van der Waals surface area contributed by atoms with E-state index in [9.17, 15) is 5.11 Å². The maximum atomic E-state index is 9.17. The molecule has 0 spiro atoms. The normalized spacial score (nSPS) is 21.1. The summed E-state index contributed by atoms with van der Waals surface area (Å²) in [7, 11) is 2.10. The van der Waals surface area contributed by atoms with Crippen LogP contribution in [0.15, 0.2) is 24.3 Å². The number of rotatable bonds is 2. The van der Waals surface area contributed by atoms with Gasteiger partial charge in [-0.15, -0.1) is 0 Å². The molecule has 0 amide bonds. The molecule has 1 saturated heterocycles. The monoisotopic (exact) mass is 192 g/mol. The number of anilines is 1. The molecular weight excluding hydrogens is 176 g/mol. The second-order valence-electron chi connectivity index (χ2n) is 3.77. The van der Waals surface area contributed by atoms with E-state index in [4.69, 9.17) is 0 Å². The molecule has 0 saturated carbocycles. The maximum Gasteiger partial charge on any atom is 0.115 e. The van der Waals surface area contributed by atoms with Crippen LogP contribution in [0.4, 0.5) is 5.69 Å². The highest BCUT2D eigenvalue weighted by molar-refractivity contribution is 5.49. The van der Waals surface area contributed by atoms with E-state index in [1.54, 1.807) is 12.1 Å². The van der Waals surface area contributed by atoms with Crippen LogP contribution >= 0.6 is 0 Å². The van der Waals surface area contributed by atoms with Crippen LogP contribution < -0.4 is 10.2 Å². The van der Waals surface area contributed by atoms with Gasteiger partial charge in [-0.25, -0.2) is 0 Å². The van der Waals surface area contributed by atoms with Crippen LogP contribution in [0.25, 0.3) is 0 Å².